The van der Waals surface area contributed by atoms with E-state index in [-0.39, 0.29) is 0 Å². The van der Waals surface area contributed by atoms with Gasteiger partial charge in [-0.05, 0) is 85.9 Å². The van der Waals surface area contributed by atoms with Gasteiger partial charge in [0.2, 0.25) is 0 Å². The van der Waals surface area contributed by atoms with E-state index in [4.69, 9.17) is 0 Å². The van der Waals surface area contributed by atoms with Crippen molar-refractivity contribution >= 4 is 0 Å². The van der Waals surface area contributed by atoms with E-state index in [0.29, 0.717) is 5.41 Å². The lowest BCUT2D eigenvalue weighted by molar-refractivity contribution is -0.0164. The number of fused-ring (bicyclic) bond motifs is 3. The van der Waals surface area contributed by atoms with Crippen molar-refractivity contribution in [2.45, 2.75) is 85.5 Å². The molecule has 3 rings (SSSR count). The van der Waals surface area contributed by atoms with Crippen LogP contribution in [0.1, 0.15) is 85.5 Å². The molecule has 5 unspecified atom stereocenters. The SMILES string of the molecule is CC1CCC2CCC3CCCC3(C)C2CCC1(C)C. The van der Waals surface area contributed by atoms with Gasteiger partial charge in [-0.15, -0.1) is 0 Å². The molecular weight excluding hydrogens is 228 g/mol. The van der Waals surface area contributed by atoms with Gasteiger partial charge in [-0.1, -0.05) is 34.1 Å². The molecule has 3 aliphatic carbocycles. The highest BCUT2D eigenvalue weighted by molar-refractivity contribution is 5.00. The molecule has 0 amide bonds. The molecule has 3 fully saturated rings. The topological polar surface area (TPSA) is 0 Å². The van der Waals surface area contributed by atoms with Gasteiger partial charge in [-0.3, -0.25) is 0 Å². The first-order valence-corrected chi connectivity index (χ1v) is 8.93. The number of hydrogen-bond donors (Lipinski definition) is 0. The van der Waals surface area contributed by atoms with Crippen LogP contribution in [0.25, 0.3) is 0 Å². The summed E-state index contributed by atoms with van der Waals surface area (Å²) in [7, 11) is 0. The predicted molar refractivity (Wildman–Crippen MR) is 83.1 cm³/mol. The Bertz CT molecular complexity index is 329. The molecule has 0 spiro atoms. The zero-order chi connectivity index (χ0) is 13.7. The fourth-order valence-electron chi connectivity index (χ4n) is 5.92. The Morgan fingerprint density at radius 1 is 0.789 bits per heavy atom. The lowest BCUT2D eigenvalue weighted by Crippen LogP contribution is -2.43. The molecule has 19 heavy (non-hydrogen) atoms. The Kier molecular flexibility index (Phi) is 3.51. The molecule has 0 aromatic heterocycles. The summed E-state index contributed by atoms with van der Waals surface area (Å²) >= 11 is 0. The third-order valence-electron chi connectivity index (χ3n) is 7.91. The lowest BCUT2D eigenvalue weighted by atomic mass is 9.54. The maximum absolute atomic E-state index is 2.67. The van der Waals surface area contributed by atoms with Gasteiger partial charge in [0.15, 0.2) is 0 Å². The number of rotatable bonds is 0. The van der Waals surface area contributed by atoms with Gasteiger partial charge in [0, 0.05) is 0 Å². The first-order chi connectivity index (χ1) is 8.93. The second kappa shape index (κ2) is 4.78. The van der Waals surface area contributed by atoms with E-state index < -0.39 is 0 Å². The zero-order valence-electron chi connectivity index (χ0n) is 13.7. The van der Waals surface area contributed by atoms with Crippen molar-refractivity contribution in [1.82, 2.24) is 0 Å². The largest absolute Gasteiger partial charge is 0.0620 e. The molecule has 0 aromatic rings. The Hall–Kier alpha value is 0. The molecule has 0 bridgehead atoms. The van der Waals surface area contributed by atoms with Crippen molar-refractivity contribution in [1.29, 1.82) is 0 Å². The second-order valence-electron chi connectivity index (χ2n) is 9.04. The lowest BCUT2D eigenvalue weighted by Gasteiger charge is -2.51. The summed E-state index contributed by atoms with van der Waals surface area (Å²) < 4.78 is 0. The zero-order valence-corrected chi connectivity index (χ0v) is 13.7. The van der Waals surface area contributed by atoms with Gasteiger partial charge in [0.1, 0.15) is 0 Å². The van der Waals surface area contributed by atoms with Crippen molar-refractivity contribution in [3.63, 3.8) is 0 Å². The van der Waals surface area contributed by atoms with E-state index in [1.165, 1.54) is 38.5 Å². The first kappa shape index (κ1) is 14.0. The summed E-state index contributed by atoms with van der Waals surface area (Å²) in [6.45, 7) is 10.2. The van der Waals surface area contributed by atoms with Crippen molar-refractivity contribution in [3.05, 3.63) is 0 Å². The third-order valence-corrected chi connectivity index (χ3v) is 7.91. The highest BCUT2D eigenvalue weighted by Gasteiger charge is 2.50. The summed E-state index contributed by atoms with van der Waals surface area (Å²) in [6, 6.07) is 0. The highest BCUT2D eigenvalue weighted by Crippen LogP contribution is 2.60. The Morgan fingerprint density at radius 3 is 2.32 bits per heavy atom. The van der Waals surface area contributed by atoms with Crippen molar-refractivity contribution < 1.29 is 0 Å². The quantitative estimate of drug-likeness (QED) is 0.498. The first-order valence-electron chi connectivity index (χ1n) is 8.93. The van der Waals surface area contributed by atoms with Crippen LogP contribution in [0.5, 0.6) is 0 Å². The maximum atomic E-state index is 2.67. The normalized spacial score (nSPS) is 49.9. The van der Waals surface area contributed by atoms with Gasteiger partial charge in [0.05, 0.1) is 0 Å². The van der Waals surface area contributed by atoms with Gasteiger partial charge in [0.25, 0.3) is 0 Å². The Labute approximate surface area is 120 Å². The Morgan fingerprint density at radius 2 is 1.53 bits per heavy atom. The summed E-state index contributed by atoms with van der Waals surface area (Å²) in [5.41, 5.74) is 1.30. The van der Waals surface area contributed by atoms with Crippen LogP contribution in [-0.2, 0) is 0 Å². The van der Waals surface area contributed by atoms with E-state index in [0.717, 1.165) is 29.1 Å². The third kappa shape index (κ3) is 2.28. The van der Waals surface area contributed by atoms with Gasteiger partial charge in [-0.2, -0.15) is 0 Å². The molecule has 110 valence electrons. The van der Waals surface area contributed by atoms with E-state index in [1.54, 1.807) is 19.3 Å². The summed E-state index contributed by atoms with van der Waals surface area (Å²) in [5.74, 6) is 4.12. The molecule has 0 heteroatoms. The van der Waals surface area contributed by atoms with E-state index >= 15 is 0 Å². The molecule has 0 heterocycles. The van der Waals surface area contributed by atoms with Crippen LogP contribution in [0.4, 0.5) is 0 Å². The molecular formula is C19H34. The van der Waals surface area contributed by atoms with E-state index in [2.05, 4.69) is 27.7 Å². The van der Waals surface area contributed by atoms with Crippen LogP contribution in [0.15, 0.2) is 0 Å². The molecule has 0 aliphatic heterocycles. The summed E-state index contributed by atoms with van der Waals surface area (Å²) in [5, 5.41) is 0. The fraction of sp³-hybridized carbons (Fsp3) is 1.00. The molecule has 0 N–H and O–H groups in total. The molecule has 3 saturated carbocycles. The monoisotopic (exact) mass is 262 g/mol. The second-order valence-corrected chi connectivity index (χ2v) is 9.04. The molecule has 5 atom stereocenters. The smallest absolute Gasteiger partial charge is 0.0267 e. The molecule has 0 nitrogen and oxygen atoms in total. The number of hydrogen-bond acceptors (Lipinski definition) is 0. The minimum Gasteiger partial charge on any atom is -0.0620 e. The average molecular weight is 262 g/mol. The minimum absolute atomic E-state index is 0.576. The standard InChI is InChI=1S/C19H34/c1-14-7-8-15-9-10-16-6-5-12-19(16,4)17(15)11-13-18(14,2)3/h14-17H,5-13H2,1-4H3. The predicted octanol–water partition coefficient (Wildman–Crippen LogP) is 6.06. The average Bonchev–Trinajstić information content (AvgIpc) is 2.73. The van der Waals surface area contributed by atoms with Gasteiger partial charge >= 0.3 is 0 Å². The van der Waals surface area contributed by atoms with Crippen molar-refractivity contribution in [3.8, 4) is 0 Å². The highest BCUT2D eigenvalue weighted by atomic mass is 14.6. The molecule has 0 saturated heterocycles. The van der Waals surface area contributed by atoms with Crippen LogP contribution >= 0.6 is 0 Å². The molecule has 3 aliphatic rings. The van der Waals surface area contributed by atoms with Crippen LogP contribution in [0.2, 0.25) is 0 Å². The maximum Gasteiger partial charge on any atom is -0.0267 e. The van der Waals surface area contributed by atoms with Crippen molar-refractivity contribution in [2.24, 2.45) is 34.5 Å². The van der Waals surface area contributed by atoms with E-state index in [9.17, 15) is 0 Å². The van der Waals surface area contributed by atoms with E-state index in [1.807, 2.05) is 0 Å². The minimum atomic E-state index is 0.576. The van der Waals surface area contributed by atoms with Crippen LogP contribution in [0.3, 0.4) is 0 Å². The van der Waals surface area contributed by atoms with Gasteiger partial charge in [-0.25, -0.2) is 0 Å². The van der Waals surface area contributed by atoms with Gasteiger partial charge < -0.3 is 0 Å². The molecule has 0 aromatic carbocycles. The summed E-state index contributed by atoms with van der Waals surface area (Å²) in [4.78, 5) is 0. The van der Waals surface area contributed by atoms with Crippen LogP contribution < -0.4 is 0 Å². The van der Waals surface area contributed by atoms with Crippen molar-refractivity contribution in [2.75, 3.05) is 0 Å². The molecule has 0 radical (unpaired) electrons. The Balaban J connectivity index is 1.81. The van der Waals surface area contributed by atoms with Crippen LogP contribution in [-0.4, -0.2) is 0 Å². The van der Waals surface area contributed by atoms with Crippen LogP contribution in [0, 0.1) is 34.5 Å². The fourth-order valence-corrected chi connectivity index (χ4v) is 5.92. The summed E-state index contributed by atoms with van der Waals surface area (Å²) in [6.07, 6.45) is 13.7.